The minimum Gasteiger partial charge on any atom is -0.503 e. The van der Waals surface area contributed by atoms with E-state index < -0.39 is 23.7 Å². The molecule has 1 aromatic rings. The molecule has 0 amide bonds. The van der Waals surface area contributed by atoms with Crippen molar-refractivity contribution in [2.24, 2.45) is 0 Å². The van der Waals surface area contributed by atoms with Crippen LogP contribution < -0.4 is 0 Å². The minimum absolute atomic E-state index is 0.0758. The van der Waals surface area contributed by atoms with Crippen LogP contribution in [0.15, 0.2) is 10.7 Å². The summed E-state index contributed by atoms with van der Waals surface area (Å²) >= 11 is 2.72. The van der Waals surface area contributed by atoms with Crippen LogP contribution in [0.5, 0.6) is 5.75 Å². The number of aromatic nitrogens is 1. The molecule has 0 unspecified atom stereocenters. The first kappa shape index (κ1) is 9.31. The van der Waals surface area contributed by atoms with Gasteiger partial charge in [-0.15, -0.1) is 0 Å². The van der Waals surface area contributed by atoms with E-state index in [-0.39, 0.29) is 4.60 Å². The molecule has 0 spiro atoms. The number of rotatable bonds is 1. The summed E-state index contributed by atoms with van der Waals surface area (Å²) in [5.74, 6) is -2.41. The van der Waals surface area contributed by atoms with Gasteiger partial charge in [0.1, 0.15) is 4.60 Å². The van der Waals surface area contributed by atoms with Crippen molar-refractivity contribution in [3.8, 4) is 5.75 Å². The van der Waals surface area contributed by atoms with Crippen LogP contribution in [0.25, 0.3) is 0 Å². The molecule has 0 radical (unpaired) electrons. The summed E-state index contributed by atoms with van der Waals surface area (Å²) < 4.78 is 36.4. The Kier molecular flexibility index (Phi) is 2.56. The maximum absolute atomic E-state index is 12.5. The van der Waals surface area contributed by atoms with E-state index in [4.69, 9.17) is 5.11 Å². The molecule has 0 saturated heterocycles. The zero-order chi connectivity index (χ0) is 9.30. The lowest BCUT2D eigenvalue weighted by atomic mass is 10.2. The van der Waals surface area contributed by atoms with E-state index in [2.05, 4.69) is 20.9 Å². The van der Waals surface area contributed by atoms with Crippen LogP contribution >= 0.6 is 15.9 Å². The second kappa shape index (κ2) is 3.30. The van der Waals surface area contributed by atoms with Gasteiger partial charge in [0.2, 0.25) is 0 Å². The third kappa shape index (κ3) is 1.69. The second-order valence-corrected chi connectivity index (χ2v) is 2.79. The Labute approximate surface area is 74.2 Å². The molecule has 0 saturated carbocycles. The number of nitrogens with zero attached hydrogens (tertiary/aromatic N) is 1. The molecule has 1 rings (SSSR count). The summed E-state index contributed by atoms with van der Waals surface area (Å²) in [6, 6.07) is 0.864. The van der Waals surface area contributed by atoms with Crippen molar-refractivity contribution in [2.45, 2.75) is 6.43 Å². The van der Waals surface area contributed by atoms with Gasteiger partial charge in [-0.25, -0.2) is 13.8 Å². The Hall–Kier alpha value is -0.780. The van der Waals surface area contributed by atoms with E-state index in [1.165, 1.54) is 0 Å². The Balaban J connectivity index is 3.28. The molecule has 1 heterocycles. The van der Waals surface area contributed by atoms with Gasteiger partial charge in [-0.1, -0.05) is 0 Å². The number of pyridine rings is 1. The number of hydrogen-bond acceptors (Lipinski definition) is 2. The van der Waals surface area contributed by atoms with Crippen LogP contribution in [0.2, 0.25) is 0 Å². The van der Waals surface area contributed by atoms with Gasteiger partial charge in [0.15, 0.2) is 5.75 Å². The molecule has 6 heteroatoms. The first-order valence-electron chi connectivity index (χ1n) is 2.85. The largest absolute Gasteiger partial charge is 0.503 e. The van der Waals surface area contributed by atoms with Gasteiger partial charge in [0.05, 0.1) is 5.56 Å². The van der Waals surface area contributed by atoms with Gasteiger partial charge in [0.25, 0.3) is 12.4 Å². The normalized spacial score (nSPS) is 10.8. The Morgan fingerprint density at radius 3 is 2.58 bits per heavy atom. The molecule has 0 bridgehead atoms. The van der Waals surface area contributed by atoms with Gasteiger partial charge < -0.3 is 5.11 Å². The molecule has 0 aromatic carbocycles. The standard InChI is InChI=1S/C6H3BrF3NO/c7-3-1-2(5(8)9)4(12)6(10)11-3/h1,5,12H. The smallest absolute Gasteiger partial charge is 0.267 e. The molecule has 12 heavy (non-hydrogen) atoms. The highest BCUT2D eigenvalue weighted by molar-refractivity contribution is 9.10. The zero-order valence-electron chi connectivity index (χ0n) is 5.56. The van der Waals surface area contributed by atoms with Crippen LogP contribution in [-0.4, -0.2) is 10.1 Å². The van der Waals surface area contributed by atoms with Crippen LogP contribution in [-0.2, 0) is 0 Å². The quantitative estimate of drug-likeness (QED) is 0.768. The van der Waals surface area contributed by atoms with E-state index in [1.54, 1.807) is 0 Å². The molecule has 66 valence electrons. The number of aromatic hydroxyl groups is 1. The van der Waals surface area contributed by atoms with Crippen molar-refractivity contribution in [3.05, 3.63) is 22.2 Å². The fourth-order valence-corrected chi connectivity index (χ4v) is 1.06. The van der Waals surface area contributed by atoms with Gasteiger partial charge in [-0.2, -0.15) is 4.39 Å². The SMILES string of the molecule is Oc1c(C(F)F)cc(Br)nc1F. The maximum Gasteiger partial charge on any atom is 0.267 e. The fraction of sp³-hybridized carbons (Fsp3) is 0.167. The maximum atomic E-state index is 12.5. The Morgan fingerprint density at radius 1 is 1.50 bits per heavy atom. The Bertz CT molecular complexity index is 305. The van der Waals surface area contributed by atoms with Gasteiger partial charge in [-0.05, 0) is 22.0 Å². The molecule has 1 aromatic heterocycles. The van der Waals surface area contributed by atoms with Gasteiger partial charge in [-0.3, -0.25) is 0 Å². The molecule has 0 aliphatic carbocycles. The highest BCUT2D eigenvalue weighted by Crippen LogP contribution is 2.31. The first-order chi connectivity index (χ1) is 5.52. The highest BCUT2D eigenvalue weighted by Gasteiger charge is 2.17. The summed E-state index contributed by atoms with van der Waals surface area (Å²) in [6.45, 7) is 0. The minimum atomic E-state index is -2.92. The molecule has 0 fully saturated rings. The van der Waals surface area contributed by atoms with E-state index in [1.807, 2.05) is 0 Å². The summed E-state index contributed by atoms with van der Waals surface area (Å²) in [5.41, 5.74) is -0.769. The molecular formula is C6H3BrF3NO. The van der Waals surface area contributed by atoms with E-state index >= 15 is 0 Å². The zero-order valence-corrected chi connectivity index (χ0v) is 7.15. The monoisotopic (exact) mass is 241 g/mol. The second-order valence-electron chi connectivity index (χ2n) is 1.97. The van der Waals surface area contributed by atoms with E-state index in [0.717, 1.165) is 6.07 Å². The lowest BCUT2D eigenvalue weighted by molar-refractivity contribution is 0.146. The lowest BCUT2D eigenvalue weighted by Gasteiger charge is -2.03. The number of hydrogen-bond donors (Lipinski definition) is 1. The Morgan fingerprint density at radius 2 is 2.08 bits per heavy atom. The van der Waals surface area contributed by atoms with Crippen molar-refractivity contribution in [1.29, 1.82) is 0 Å². The summed E-state index contributed by atoms with van der Waals surface area (Å²) in [4.78, 5) is 3.08. The average molecular weight is 242 g/mol. The first-order valence-corrected chi connectivity index (χ1v) is 3.64. The predicted octanol–water partition coefficient (Wildman–Crippen LogP) is 2.63. The third-order valence-corrected chi connectivity index (χ3v) is 1.59. The molecule has 0 aliphatic heterocycles. The van der Waals surface area contributed by atoms with Gasteiger partial charge >= 0.3 is 0 Å². The van der Waals surface area contributed by atoms with Crippen molar-refractivity contribution < 1.29 is 18.3 Å². The predicted molar refractivity (Wildman–Crippen MR) is 38.5 cm³/mol. The molecule has 2 nitrogen and oxygen atoms in total. The van der Waals surface area contributed by atoms with Crippen LogP contribution in [0.4, 0.5) is 13.2 Å². The molecule has 0 aliphatic rings. The van der Waals surface area contributed by atoms with E-state index in [0.29, 0.717) is 0 Å². The fourth-order valence-electron chi connectivity index (χ4n) is 0.661. The van der Waals surface area contributed by atoms with Crippen molar-refractivity contribution in [1.82, 2.24) is 4.98 Å². The summed E-state index contributed by atoms with van der Waals surface area (Å²) in [7, 11) is 0. The van der Waals surface area contributed by atoms with Crippen molar-refractivity contribution >= 4 is 15.9 Å². The van der Waals surface area contributed by atoms with Crippen molar-refractivity contribution in [2.75, 3.05) is 0 Å². The highest BCUT2D eigenvalue weighted by atomic mass is 79.9. The number of halogens is 4. The topological polar surface area (TPSA) is 33.1 Å². The van der Waals surface area contributed by atoms with E-state index in [9.17, 15) is 13.2 Å². The number of alkyl halides is 2. The molecular weight excluding hydrogens is 239 g/mol. The summed E-state index contributed by atoms with van der Waals surface area (Å²) in [6.07, 6.45) is -2.92. The van der Waals surface area contributed by atoms with Crippen LogP contribution in [0.3, 0.4) is 0 Å². The molecule has 0 atom stereocenters. The van der Waals surface area contributed by atoms with Crippen LogP contribution in [0.1, 0.15) is 12.0 Å². The summed E-state index contributed by atoms with van der Waals surface area (Å²) in [5, 5.41) is 8.75. The van der Waals surface area contributed by atoms with Gasteiger partial charge in [0, 0.05) is 0 Å². The lowest BCUT2D eigenvalue weighted by Crippen LogP contribution is -1.92. The molecule has 1 N–H and O–H groups in total. The van der Waals surface area contributed by atoms with Crippen LogP contribution in [0, 0.1) is 5.95 Å². The third-order valence-electron chi connectivity index (χ3n) is 1.18. The average Bonchev–Trinajstić information content (AvgIpc) is 1.96. The van der Waals surface area contributed by atoms with Crippen molar-refractivity contribution in [3.63, 3.8) is 0 Å².